The van der Waals surface area contributed by atoms with Gasteiger partial charge in [0, 0.05) is 12.7 Å². The van der Waals surface area contributed by atoms with Gasteiger partial charge in [-0.05, 0) is 43.5 Å². The molecule has 0 radical (unpaired) electrons. The van der Waals surface area contributed by atoms with Crippen LogP contribution in [0, 0.1) is 0 Å². The number of rotatable bonds is 6. The lowest BCUT2D eigenvalue weighted by Gasteiger charge is -2.36. The molecule has 0 bridgehead atoms. The summed E-state index contributed by atoms with van der Waals surface area (Å²) < 4.78 is 16.4. The minimum atomic E-state index is -1.11. The predicted molar refractivity (Wildman–Crippen MR) is 121 cm³/mol. The number of hydrogen-bond donors (Lipinski definition) is 1. The summed E-state index contributed by atoms with van der Waals surface area (Å²) in [7, 11) is 1.49. The number of carbonyl (C=O) groups is 2. The Labute approximate surface area is 188 Å². The SMILES string of the molecule is COCOC1CN(C(=O)OC(C)(C)C)CC(C(=O)O)=C1c1cccc(-c2ccccc2)c1. The van der Waals surface area contributed by atoms with E-state index in [0.29, 0.717) is 5.57 Å². The first-order valence-corrected chi connectivity index (χ1v) is 10.4. The van der Waals surface area contributed by atoms with Crippen molar-refractivity contribution >= 4 is 17.6 Å². The second kappa shape index (κ2) is 9.97. The largest absolute Gasteiger partial charge is 0.478 e. The van der Waals surface area contributed by atoms with Gasteiger partial charge in [0.2, 0.25) is 0 Å². The Bertz CT molecular complexity index is 993. The number of carboxylic acids is 1. The van der Waals surface area contributed by atoms with Gasteiger partial charge in [-0.2, -0.15) is 0 Å². The number of methoxy groups -OCH3 is 1. The molecule has 1 amide bonds. The Kier molecular flexibility index (Phi) is 7.33. The van der Waals surface area contributed by atoms with Gasteiger partial charge >= 0.3 is 12.1 Å². The van der Waals surface area contributed by atoms with Gasteiger partial charge in [-0.3, -0.25) is 0 Å². The number of nitrogens with zero attached hydrogens (tertiary/aromatic N) is 1. The van der Waals surface area contributed by atoms with Gasteiger partial charge in [0.1, 0.15) is 18.5 Å². The monoisotopic (exact) mass is 439 g/mol. The van der Waals surface area contributed by atoms with Gasteiger partial charge in [-0.25, -0.2) is 9.59 Å². The fourth-order valence-electron chi connectivity index (χ4n) is 3.62. The van der Waals surface area contributed by atoms with E-state index in [0.717, 1.165) is 16.7 Å². The van der Waals surface area contributed by atoms with Gasteiger partial charge in [0.15, 0.2) is 0 Å². The molecule has 7 heteroatoms. The van der Waals surface area contributed by atoms with Crippen molar-refractivity contribution < 1.29 is 28.9 Å². The standard InChI is InChI=1S/C25H29NO6/c1-25(2,3)32-24(29)26-14-20(23(27)28)22(21(15-26)31-16-30-4)19-12-8-11-18(13-19)17-9-6-5-7-10-17/h5-13,21H,14-16H2,1-4H3,(H,27,28). The van der Waals surface area contributed by atoms with E-state index in [1.807, 2.05) is 54.6 Å². The Balaban J connectivity index is 2.04. The van der Waals surface area contributed by atoms with E-state index in [2.05, 4.69) is 0 Å². The number of amides is 1. The highest BCUT2D eigenvalue weighted by molar-refractivity contribution is 5.99. The summed E-state index contributed by atoms with van der Waals surface area (Å²) in [6.45, 7) is 5.33. The Morgan fingerprint density at radius 2 is 1.69 bits per heavy atom. The first-order valence-electron chi connectivity index (χ1n) is 10.4. The molecule has 7 nitrogen and oxygen atoms in total. The van der Waals surface area contributed by atoms with Crippen LogP contribution >= 0.6 is 0 Å². The molecule has 0 saturated carbocycles. The minimum Gasteiger partial charge on any atom is -0.478 e. The number of hydrogen-bond acceptors (Lipinski definition) is 5. The average molecular weight is 440 g/mol. The number of benzene rings is 2. The third-order valence-corrected chi connectivity index (χ3v) is 4.96. The highest BCUT2D eigenvalue weighted by Crippen LogP contribution is 2.33. The van der Waals surface area contributed by atoms with Crippen LogP contribution in [0.4, 0.5) is 4.79 Å². The number of carbonyl (C=O) groups excluding carboxylic acids is 1. The highest BCUT2D eigenvalue weighted by Gasteiger charge is 2.36. The van der Waals surface area contributed by atoms with Crippen molar-refractivity contribution in [3.05, 3.63) is 65.7 Å². The van der Waals surface area contributed by atoms with Gasteiger partial charge in [-0.1, -0.05) is 48.5 Å². The molecule has 1 atom stereocenters. The summed E-state index contributed by atoms with van der Waals surface area (Å²) in [4.78, 5) is 26.3. The Morgan fingerprint density at radius 1 is 1.03 bits per heavy atom. The number of aliphatic carboxylic acids is 1. The van der Waals surface area contributed by atoms with Crippen LogP contribution in [0.1, 0.15) is 26.3 Å². The van der Waals surface area contributed by atoms with E-state index in [1.54, 1.807) is 20.8 Å². The Hall–Kier alpha value is -3.16. The van der Waals surface area contributed by atoms with Gasteiger partial charge in [-0.15, -0.1) is 0 Å². The lowest BCUT2D eigenvalue weighted by molar-refractivity contribution is -0.133. The van der Waals surface area contributed by atoms with Crippen molar-refractivity contribution in [1.29, 1.82) is 0 Å². The highest BCUT2D eigenvalue weighted by atomic mass is 16.7. The maximum atomic E-state index is 12.7. The maximum absolute atomic E-state index is 12.7. The zero-order chi connectivity index (χ0) is 23.3. The van der Waals surface area contributed by atoms with E-state index in [4.69, 9.17) is 14.2 Å². The van der Waals surface area contributed by atoms with Crippen LogP contribution in [0.25, 0.3) is 16.7 Å². The van der Waals surface area contributed by atoms with Crippen molar-refractivity contribution in [2.75, 3.05) is 27.0 Å². The number of ether oxygens (including phenoxy) is 3. The third kappa shape index (κ3) is 5.75. The molecule has 0 spiro atoms. The van der Waals surface area contributed by atoms with Crippen molar-refractivity contribution in [2.24, 2.45) is 0 Å². The zero-order valence-corrected chi connectivity index (χ0v) is 18.8. The van der Waals surface area contributed by atoms with Crippen LogP contribution in [0.2, 0.25) is 0 Å². The summed E-state index contributed by atoms with van der Waals surface area (Å²) in [6, 6.07) is 17.5. The molecule has 170 valence electrons. The average Bonchev–Trinajstić information content (AvgIpc) is 2.76. The summed E-state index contributed by atoms with van der Waals surface area (Å²) in [5.74, 6) is -1.11. The van der Waals surface area contributed by atoms with Gasteiger partial charge in [0.25, 0.3) is 0 Å². The molecule has 0 aromatic heterocycles. The fraction of sp³-hybridized carbons (Fsp3) is 0.360. The van der Waals surface area contributed by atoms with Crippen molar-refractivity contribution in [2.45, 2.75) is 32.5 Å². The second-order valence-electron chi connectivity index (χ2n) is 8.57. The first-order chi connectivity index (χ1) is 15.2. The Morgan fingerprint density at radius 3 is 2.31 bits per heavy atom. The normalized spacial score (nSPS) is 16.8. The van der Waals surface area contributed by atoms with Crippen molar-refractivity contribution in [1.82, 2.24) is 4.90 Å². The molecule has 1 aliphatic heterocycles. The molecule has 1 N–H and O–H groups in total. The first kappa shape index (κ1) is 23.5. The van der Waals surface area contributed by atoms with Crippen LogP contribution in [-0.2, 0) is 19.0 Å². The molecule has 0 fully saturated rings. The smallest absolute Gasteiger partial charge is 0.410 e. The molecule has 0 aliphatic carbocycles. The summed E-state index contributed by atoms with van der Waals surface area (Å²) in [5.41, 5.74) is 2.64. The van der Waals surface area contributed by atoms with E-state index in [9.17, 15) is 14.7 Å². The van der Waals surface area contributed by atoms with Crippen molar-refractivity contribution in [3.63, 3.8) is 0 Å². The molecule has 32 heavy (non-hydrogen) atoms. The molecule has 2 aromatic carbocycles. The van der Waals surface area contributed by atoms with E-state index < -0.39 is 23.8 Å². The van der Waals surface area contributed by atoms with Crippen LogP contribution in [-0.4, -0.2) is 60.8 Å². The third-order valence-electron chi connectivity index (χ3n) is 4.96. The molecule has 1 aliphatic rings. The number of carboxylic acid groups (broad SMARTS) is 1. The minimum absolute atomic E-state index is 0.0401. The zero-order valence-electron chi connectivity index (χ0n) is 18.8. The van der Waals surface area contributed by atoms with Crippen LogP contribution in [0.3, 0.4) is 0 Å². The lowest BCUT2D eigenvalue weighted by atomic mass is 9.89. The molecular formula is C25H29NO6. The maximum Gasteiger partial charge on any atom is 0.410 e. The fourth-order valence-corrected chi connectivity index (χ4v) is 3.62. The van der Waals surface area contributed by atoms with E-state index in [1.165, 1.54) is 12.0 Å². The molecule has 0 saturated heterocycles. The van der Waals surface area contributed by atoms with Gasteiger partial charge < -0.3 is 24.2 Å². The second-order valence-corrected chi connectivity index (χ2v) is 8.57. The quantitative estimate of drug-likeness (QED) is 0.670. The van der Waals surface area contributed by atoms with Gasteiger partial charge in [0.05, 0.1) is 18.7 Å². The topological polar surface area (TPSA) is 85.3 Å². The van der Waals surface area contributed by atoms with Crippen LogP contribution in [0.5, 0.6) is 0 Å². The predicted octanol–water partition coefficient (Wildman–Crippen LogP) is 4.43. The van der Waals surface area contributed by atoms with Crippen molar-refractivity contribution in [3.8, 4) is 11.1 Å². The van der Waals surface area contributed by atoms with E-state index in [-0.39, 0.29) is 25.5 Å². The molecule has 1 unspecified atom stereocenters. The van der Waals surface area contributed by atoms with E-state index >= 15 is 0 Å². The molecule has 1 heterocycles. The summed E-state index contributed by atoms with van der Waals surface area (Å²) in [5, 5.41) is 10.0. The summed E-state index contributed by atoms with van der Waals surface area (Å²) >= 11 is 0. The van der Waals surface area contributed by atoms with Crippen LogP contribution < -0.4 is 0 Å². The van der Waals surface area contributed by atoms with Crippen LogP contribution in [0.15, 0.2) is 60.2 Å². The molecular weight excluding hydrogens is 410 g/mol. The molecule has 2 aromatic rings. The lowest BCUT2D eigenvalue weighted by Crippen LogP contribution is -2.47. The summed E-state index contributed by atoms with van der Waals surface area (Å²) in [6.07, 6.45) is -1.27. The molecule has 3 rings (SSSR count).